The first-order valence-corrected chi connectivity index (χ1v) is 5.86. The molecule has 0 heterocycles. The third kappa shape index (κ3) is 3.96. The molecule has 0 saturated heterocycles. The Labute approximate surface area is 103 Å². The van der Waals surface area contributed by atoms with Crippen molar-refractivity contribution in [2.24, 2.45) is 0 Å². The van der Waals surface area contributed by atoms with Crippen LogP contribution in [0.2, 0.25) is 0 Å². The summed E-state index contributed by atoms with van der Waals surface area (Å²) in [5.41, 5.74) is 3.11. The Bertz CT molecular complexity index is 428. The second kappa shape index (κ2) is 6.75. The summed E-state index contributed by atoms with van der Waals surface area (Å²) in [4.78, 5) is 11.5. The molecule has 0 radical (unpaired) electrons. The molecule has 17 heavy (non-hydrogen) atoms. The lowest BCUT2D eigenvalue weighted by Crippen LogP contribution is -2.07. The first-order chi connectivity index (χ1) is 8.19. The fraction of sp³-hybridized carbons (Fsp3) is 0.400. The van der Waals surface area contributed by atoms with Gasteiger partial charge in [0.25, 0.3) is 0 Å². The topological polar surface area (TPSA) is 26.3 Å². The average Bonchev–Trinajstić information content (AvgIpc) is 2.31. The Morgan fingerprint density at radius 1 is 1.53 bits per heavy atom. The lowest BCUT2D eigenvalue weighted by Gasteiger charge is -2.14. The van der Waals surface area contributed by atoms with Gasteiger partial charge in [0.15, 0.2) is 0 Å². The van der Waals surface area contributed by atoms with Crippen LogP contribution in [0, 0.1) is 11.8 Å². The highest BCUT2D eigenvalue weighted by Crippen LogP contribution is 2.25. The van der Waals surface area contributed by atoms with Crippen molar-refractivity contribution < 1.29 is 9.53 Å². The monoisotopic (exact) mass is 230 g/mol. The molecule has 1 aliphatic rings. The van der Waals surface area contributed by atoms with Crippen LogP contribution in [0.15, 0.2) is 35.5 Å². The number of esters is 1. The second-order valence-electron chi connectivity index (χ2n) is 3.91. The summed E-state index contributed by atoms with van der Waals surface area (Å²) < 4.78 is 4.94. The zero-order chi connectivity index (χ0) is 12.7. The first kappa shape index (κ1) is 13.3. The number of rotatable bonds is 4. The van der Waals surface area contributed by atoms with Gasteiger partial charge in [-0.1, -0.05) is 23.5 Å². The van der Waals surface area contributed by atoms with E-state index in [1.165, 1.54) is 11.1 Å². The molecule has 0 aliphatic heterocycles. The quantitative estimate of drug-likeness (QED) is 0.321. The second-order valence-corrected chi connectivity index (χ2v) is 3.91. The lowest BCUT2D eigenvalue weighted by molar-refractivity contribution is -0.138. The fourth-order valence-electron chi connectivity index (χ4n) is 1.46. The smallest absolute Gasteiger partial charge is 0.334 e. The number of carbonyl (C=O) groups is 1. The normalized spacial score (nSPS) is 14.6. The van der Waals surface area contributed by atoms with Crippen LogP contribution in [0.3, 0.4) is 0 Å². The molecule has 0 aromatic carbocycles. The molecular weight excluding hydrogens is 212 g/mol. The van der Waals surface area contributed by atoms with E-state index in [-0.39, 0.29) is 5.97 Å². The van der Waals surface area contributed by atoms with Crippen LogP contribution < -0.4 is 0 Å². The number of hydrogen-bond acceptors (Lipinski definition) is 2. The number of hydrogen-bond donors (Lipinski definition) is 0. The van der Waals surface area contributed by atoms with Crippen LogP contribution in [0.5, 0.6) is 0 Å². The van der Waals surface area contributed by atoms with Gasteiger partial charge in [0.05, 0.1) is 6.61 Å². The molecule has 90 valence electrons. The van der Waals surface area contributed by atoms with Crippen molar-refractivity contribution in [2.45, 2.75) is 33.1 Å². The van der Waals surface area contributed by atoms with E-state index in [1.807, 2.05) is 0 Å². The molecule has 0 spiro atoms. The van der Waals surface area contributed by atoms with E-state index < -0.39 is 0 Å². The maximum Gasteiger partial charge on any atom is 0.334 e. The summed E-state index contributed by atoms with van der Waals surface area (Å²) in [5, 5.41) is 0. The van der Waals surface area contributed by atoms with E-state index in [4.69, 9.17) is 4.74 Å². The van der Waals surface area contributed by atoms with E-state index in [9.17, 15) is 4.79 Å². The zero-order valence-electron chi connectivity index (χ0n) is 10.5. The first-order valence-electron chi connectivity index (χ1n) is 5.86. The molecule has 0 aromatic heterocycles. The molecule has 0 saturated carbocycles. The van der Waals surface area contributed by atoms with E-state index in [0.717, 1.165) is 12.8 Å². The predicted octanol–water partition coefficient (Wildman–Crippen LogP) is 3.17. The maximum atomic E-state index is 11.5. The van der Waals surface area contributed by atoms with Crippen LogP contribution in [0.4, 0.5) is 0 Å². The largest absolute Gasteiger partial charge is 0.463 e. The molecule has 2 heteroatoms. The van der Waals surface area contributed by atoms with Gasteiger partial charge in [-0.15, -0.1) is 6.58 Å². The Morgan fingerprint density at radius 3 is 2.76 bits per heavy atom. The summed E-state index contributed by atoms with van der Waals surface area (Å²) >= 11 is 0. The summed E-state index contributed by atoms with van der Waals surface area (Å²) in [6.07, 6.45) is 6.01. The van der Waals surface area contributed by atoms with Gasteiger partial charge in [0, 0.05) is 11.1 Å². The summed E-state index contributed by atoms with van der Waals surface area (Å²) in [7, 11) is 0. The number of carbonyl (C=O) groups excluding carboxylic acids is 1. The highest BCUT2D eigenvalue weighted by atomic mass is 16.5. The standard InChI is InChI=1S/C15H18O2/c1-4-7-14(15(16)17-5-2)9-6-8-13-11-10-12(13)3/h4,9H,1,5,7,10-11H2,2-3H3/b14-9+. The van der Waals surface area contributed by atoms with Gasteiger partial charge >= 0.3 is 5.97 Å². The van der Waals surface area contributed by atoms with Gasteiger partial charge in [-0.05, 0) is 39.2 Å². The molecule has 0 amide bonds. The number of ether oxygens (including phenoxy) is 1. The van der Waals surface area contributed by atoms with Gasteiger partial charge in [0.1, 0.15) is 0 Å². The lowest BCUT2D eigenvalue weighted by atomic mass is 9.90. The van der Waals surface area contributed by atoms with Crippen molar-refractivity contribution >= 4 is 5.97 Å². The van der Waals surface area contributed by atoms with E-state index >= 15 is 0 Å². The van der Waals surface area contributed by atoms with Crippen molar-refractivity contribution in [3.8, 4) is 11.8 Å². The Kier molecular flexibility index (Phi) is 5.29. The van der Waals surface area contributed by atoms with Gasteiger partial charge in [-0.25, -0.2) is 4.79 Å². The molecule has 1 rings (SSSR count). The van der Waals surface area contributed by atoms with Crippen molar-refractivity contribution in [1.82, 2.24) is 0 Å². The minimum absolute atomic E-state index is 0.305. The Morgan fingerprint density at radius 2 is 2.29 bits per heavy atom. The zero-order valence-corrected chi connectivity index (χ0v) is 10.5. The average molecular weight is 230 g/mol. The molecule has 0 unspecified atom stereocenters. The molecule has 1 aliphatic carbocycles. The van der Waals surface area contributed by atoms with Crippen LogP contribution >= 0.6 is 0 Å². The minimum Gasteiger partial charge on any atom is -0.463 e. The summed E-state index contributed by atoms with van der Waals surface area (Å²) in [6, 6.07) is 0. The molecule has 2 nitrogen and oxygen atoms in total. The third-order valence-electron chi connectivity index (χ3n) is 2.64. The summed E-state index contributed by atoms with van der Waals surface area (Å²) in [5.74, 6) is 5.68. The van der Waals surface area contributed by atoms with Gasteiger partial charge in [-0.2, -0.15) is 0 Å². The minimum atomic E-state index is -0.305. The summed E-state index contributed by atoms with van der Waals surface area (Å²) in [6.45, 7) is 7.88. The Hall–Kier alpha value is -1.75. The molecular formula is C15H18O2. The van der Waals surface area contributed by atoms with Crippen LogP contribution in [-0.2, 0) is 9.53 Å². The van der Waals surface area contributed by atoms with Gasteiger partial charge in [-0.3, -0.25) is 0 Å². The molecule has 0 fully saturated rings. The predicted molar refractivity (Wildman–Crippen MR) is 69.2 cm³/mol. The SMILES string of the molecule is C=CC/C(=C\C#CC1=C(C)CC1)C(=O)OCC. The van der Waals surface area contributed by atoms with Gasteiger partial charge < -0.3 is 4.74 Å². The van der Waals surface area contributed by atoms with Crippen LogP contribution in [0.25, 0.3) is 0 Å². The highest BCUT2D eigenvalue weighted by Gasteiger charge is 2.10. The molecule has 0 bridgehead atoms. The molecule has 0 aromatic rings. The van der Waals surface area contributed by atoms with Crippen molar-refractivity contribution in [3.63, 3.8) is 0 Å². The fourth-order valence-corrected chi connectivity index (χ4v) is 1.46. The maximum absolute atomic E-state index is 11.5. The van der Waals surface area contributed by atoms with Crippen LogP contribution in [-0.4, -0.2) is 12.6 Å². The third-order valence-corrected chi connectivity index (χ3v) is 2.64. The van der Waals surface area contributed by atoms with E-state index in [0.29, 0.717) is 18.6 Å². The highest BCUT2D eigenvalue weighted by molar-refractivity contribution is 5.89. The molecule has 0 N–H and O–H groups in total. The van der Waals surface area contributed by atoms with Crippen molar-refractivity contribution in [1.29, 1.82) is 0 Å². The Balaban J connectivity index is 2.73. The molecule has 0 atom stereocenters. The van der Waals surface area contributed by atoms with Crippen LogP contribution in [0.1, 0.15) is 33.1 Å². The van der Waals surface area contributed by atoms with Crippen molar-refractivity contribution in [2.75, 3.05) is 6.61 Å². The van der Waals surface area contributed by atoms with Gasteiger partial charge in [0.2, 0.25) is 0 Å². The van der Waals surface area contributed by atoms with E-state index in [1.54, 1.807) is 19.1 Å². The number of allylic oxidation sites excluding steroid dienone is 4. The van der Waals surface area contributed by atoms with Crippen molar-refractivity contribution in [3.05, 3.63) is 35.5 Å². The van der Waals surface area contributed by atoms with E-state index in [2.05, 4.69) is 25.3 Å².